The number of nitrogens with one attached hydrogen (secondary N) is 1. The van der Waals surface area contributed by atoms with Gasteiger partial charge < -0.3 is 9.84 Å². The number of phenolic OH excluding ortho intramolecular Hbond substituents is 1. The molecule has 0 aliphatic heterocycles. The van der Waals surface area contributed by atoms with Gasteiger partial charge in [0.1, 0.15) is 18.1 Å². The Morgan fingerprint density at radius 1 is 1.03 bits per heavy atom. The van der Waals surface area contributed by atoms with Gasteiger partial charge >= 0.3 is 6.18 Å². The molecule has 0 unspecified atom stereocenters. The monoisotopic (exact) mass is 437 g/mol. The number of hydrogen-bond donors (Lipinski definition) is 2. The molecule has 0 atom stereocenters. The van der Waals surface area contributed by atoms with E-state index in [-0.39, 0.29) is 12.2 Å². The number of aromatic hydroxyl groups is 1. The van der Waals surface area contributed by atoms with Gasteiger partial charge in [-0.1, -0.05) is 11.8 Å². The molecule has 0 spiro atoms. The summed E-state index contributed by atoms with van der Waals surface area (Å²) in [5.74, 6) is 5.80. The molecule has 0 saturated carbocycles. The minimum Gasteiger partial charge on any atom is -0.508 e. The molecular formula is C22H14F3N5O2. The average molecular weight is 437 g/mol. The first-order chi connectivity index (χ1) is 15.4. The molecule has 0 aliphatic rings. The Labute approximate surface area is 179 Å². The number of tetrazole rings is 1. The highest BCUT2D eigenvalue weighted by Crippen LogP contribution is 2.34. The molecule has 2 heterocycles. The van der Waals surface area contributed by atoms with Crippen LogP contribution in [0, 0.1) is 11.8 Å². The molecule has 32 heavy (non-hydrogen) atoms. The first-order valence-electron chi connectivity index (χ1n) is 9.22. The van der Waals surface area contributed by atoms with E-state index >= 15 is 0 Å². The van der Waals surface area contributed by atoms with Gasteiger partial charge in [-0.05, 0) is 59.0 Å². The number of nitrogens with zero attached hydrogens (tertiary/aromatic N) is 4. The number of alkyl halides is 3. The smallest absolute Gasteiger partial charge is 0.417 e. The van der Waals surface area contributed by atoms with Crippen LogP contribution in [-0.4, -0.2) is 30.7 Å². The molecule has 4 aromatic rings. The van der Waals surface area contributed by atoms with Gasteiger partial charge in [0, 0.05) is 28.5 Å². The van der Waals surface area contributed by atoms with Crippen LogP contribution in [0.2, 0.25) is 0 Å². The zero-order valence-corrected chi connectivity index (χ0v) is 16.3. The van der Waals surface area contributed by atoms with Crippen molar-refractivity contribution in [2.45, 2.75) is 12.8 Å². The second kappa shape index (κ2) is 8.77. The van der Waals surface area contributed by atoms with Crippen LogP contribution in [-0.2, 0) is 12.8 Å². The van der Waals surface area contributed by atoms with E-state index in [0.29, 0.717) is 34.3 Å². The fourth-order valence-electron chi connectivity index (χ4n) is 2.87. The summed E-state index contributed by atoms with van der Waals surface area (Å²) in [6, 6.07) is 11.5. The highest BCUT2D eigenvalue weighted by atomic mass is 19.4. The number of benzene rings is 2. The van der Waals surface area contributed by atoms with Crippen LogP contribution in [0.15, 0.2) is 60.9 Å². The maximum atomic E-state index is 13.3. The summed E-state index contributed by atoms with van der Waals surface area (Å²) in [4.78, 5) is 3.98. The van der Waals surface area contributed by atoms with Crippen molar-refractivity contribution in [2.75, 3.05) is 0 Å². The topological polar surface area (TPSA) is 96.8 Å². The Balaban J connectivity index is 1.71. The Kier molecular flexibility index (Phi) is 5.72. The van der Waals surface area contributed by atoms with Crippen molar-refractivity contribution >= 4 is 0 Å². The number of hydrogen-bond acceptors (Lipinski definition) is 6. The summed E-state index contributed by atoms with van der Waals surface area (Å²) >= 11 is 0. The molecular weight excluding hydrogens is 423 g/mol. The molecule has 160 valence electrons. The molecule has 0 saturated heterocycles. The summed E-state index contributed by atoms with van der Waals surface area (Å²) < 4.78 is 45.7. The lowest BCUT2D eigenvalue weighted by molar-refractivity contribution is -0.137. The summed E-state index contributed by atoms with van der Waals surface area (Å²) in [6.45, 7) is 0.0901. The maximum Gasteiger partial charge on any atom is 0.417 e. The van der Waals surface area contributed by atoms with Crippen LogP contribution in [0.1, 0.15) is 22.3 Å². The van der Waals surface area contributed by atoms with Gasteiger partial charge in [0.05, 0.1) is 11.8 Å². The second-order valence-electron chi connectivity index (χ2n) is 6.58. The zero-order valence-electron chi connectivity index (χ0n) is 16.3. The molecule has 0 amide bonds. The fraction of sp³-hybridized carbons (Fsp3) is 0.0909. The largest absolute Gasteiger partial charge is 0.508 e. The van der Waals surface area contributed by atoms with Gasteiger partial charge in [-0.25, -0.2) is 5.10 Å². The molecule has 10 heteroatoms. The van der Waals surface area contributed by atoms with Crippen LogP contribution < -0.4 is 4.74 Å². The maximum absolute atomic E-state index is 13.3. The first-order valence-corrected chi connectivity index (χ1v) is 9.22. The van der Waals surface area contributed by atoms with Crippen molar-refractivity contribution in [1.29, 1.82) is 0 Å². The van der Waals surface area contributed by atoms with Crippen molar-refractivity contribution in [3.05, 3.63) is 83.2 Å². The molecule has 0 bridgehead atoms. The molecule has 4 rings (SSSR count). The zero-order chi connectivity index (χ0) is 22.6. The van der Waals surface area contributed by atoms with Gasteiger partial charge in [0.25, 0.3) is 0 Å². The van der Waals surface area contributed by atoms with Crippen molar-refractivity contribution in [1.82, 2.24) is 25.6 Å². The Morgan fingerprint density at radius 3 is 2.56 bits per heavy atom. The van der Waals surface area contributed by atoms with E-state index in [0.717, 1.165) is 12.1 Å². The highest BCUT2D eigenvalue weighted by Gasteiger charge is 2.33. The lowest BCUT2D eigenvalue weighted by Gasteiger charge is -2.10. The third-order valence-corrected chi connectivity index (χ3v) is 4.39. The van der Waals surface area contributed by atoms with Gasteiger partial charge in [0.2, 0.25) is 0 Å². The minimum absolute atomic E-state index is 0.0901. The lowest BCUT2D eigenvalue weighted by Crippen LogP contribution is -2.07. The van der Waals surface area contributed by atoms with Gasteiger partial charge in [-0.3, -0.25) is 4.98 Å². The Hall–Kier alpha value is -4.39. The van der Waals surface area contributed by atoms with E-state index in [1.54, 1.807) is 42.7 Å². The number of aromatic amines is 1. The van der Waals surface area contributed by atoms with Crippen molar-refractivity contribution in [3.63, 3.8) is 0 Å². The van der Waals surface area contributed by atoms with Crippen LogP contribution in [0.4, 0.5) is 13.2 Å². The van der Waals surface area contributed by atoms with E-state index in [1.807, 2.05) is 0 Å². The molecule has 0 radical (unpaired) electrons. The summed E-state index contributed by atoms with van der Waals surface area (Å²) in [6.07, 6.45) is -1.50. The molecule has 0 fully saturated rings. The normalized spacial score (nSPS) is 11.0. The standard InChI is InChI=1S/C22H14F3N5O2/c23-22(24,25)20-11-18(31)8-7-15(20)5-3-14-4-6-16(21-27-29-30-28-21)10-17(14)13-32-19-2-1-9-26-12-19/h1-2,4,6-12,31H,13H2,(H,27,28,29,30). The average Bonchev–Trinajstić information content (AvgIpc) is 3.32. The molecule has 2 aromatic carbocycles. The number of H-pyrrole nitrogens is 1. The third kappa shape index (κ3) is 4.84. The quantitative estimate of drug-likeness (QED) is 0.469. The van der Waals surface area contributed by atoms with E-state index in [1.165, 1.54) is 0 Å². The second-order valence-corrected chi connectivity index (χ2v) is 6.58. The first kappa shape index (κ1) is 20.9. The van der Waals surface area contributed by atoms with Gasteiger partial charge in [0.15, 0.2) is 5.82 Å². The third-order valence-electron chi connectivity index (χ3n) is 4.39. The van der Waals surface area contributed by atoms with E-state index < -0.39 is 17.5 Å². The van der Waals surface area contributed by atoms with Crippen molar-refractivity contribution in [2.24, 2.45) is 0 Å². The van der Waals surface area contributed by atoms with Gasteiger partial charge in [-0.15, -0.1) is 5.10 Å². The summed E-state index contributed by atoms with van der Waals surface area (Å²) in [7, 11) is 0. The minimum atomic E-state index is -4.65. The van der Waals surface area contributed by atoms with Crippen molar-refractivity contribution in [3.8, 4) is 34.7 Å². The SMILES string of the molecule is Oc1ccc(C#Cc2ccc(-c3nnn[nH]3)cc2COc2cccnc2)c(C(F)(F)F)c1. The summed E-state index contributed by atoms with van der Waals surface area (Å²) in [5.41, 5.74) is 0.473. The molecule has 0 aliphatic carbocycles. The van der Waals surface area contributed by atoms with Crippen LogP contribution in [0.3, 0.4) is 0 Å². The molecule has 7 nitrogen and oxygen atoms in total. The Bertz CT molecular complexity index is 1280. The summed E-state index contributed by atoms with van der Waals surface area (Å²) in [5, 5.41) is 23.0. The number of rotatable bonds is 4. The number of halogens is 3. The number of ether oxygens (including phenoxy) is 1. The van der Waals surface area contributed by atoms with Crippen LogP contribution >= 0.6 is 0 Å². The predicted molar refractivity (Wildman–Crippen MR) is 107 cm³/mol. The van der Waals surface area contributed by atoms with E-state index in [9.17, 15) is 18.3 Å². The number of phenols is 1. The van der Waals surface area contributed by atoms with Crippen LogP contribution in [0.25, 0.3) is 11.4 Å². The van der Waals surface area contributed by atoms with Crippen LogP contribution in [0.5, 0.6) is 11.5 Å². The van der Waals surface area contributed by atoms with Crippen molar-refractivity contribution < 1.29 is 23.0 Å². The van der Waals surface area contributed by atoms with Gasteiger partial charge in [-0.2, -0.15) is 13.2 Å². The molecule has 2 N–H and O–H groups in total. The number of pyridine rings is 1. The fourth-order valence-corrected chi connectivity index (χ4v) is 2.87. The Morgan fingerprint density at radius 2 is 1.84 bits per heavy atom. The number of aromatic nitrogens is 5. The van der Waals surface area contributed by atoms with E-state index in [4.69, 9.17) is 4.74 Å². The lowest BCUT2D eigenvalue weighted by atomic mass is 10.0. The van der Waals surface area contributed by atoms with E-state index in [2.05, 4.69) is 37.4 Å². The molecule has 2 aromatic heterocycles. The highest BCUT2D eigenvalue weighted by molar-refractivity contribution is 5.60. The predicted octanol–water partition coefficient (Wildman–Crippen LogP) is 3.96.